The molecule has 0 radical (unpaired) electrons. The molecule has 6 aromatic rings. The monoisotopic (exact) mass is 796 g/mol. The largest absolute Gasteiger partial charge is 0.417 e. The van der Waals surface area contributed by atoms with Crippen LogP contribution in [0, 0.1) is 6.92 Å². The molecule has 0 fully saturated rings. The summed E-state index contributed by atoms with van der Waals surface area (Å²) in [6.45, 7) is 3.89. The standard InChI is InChI=1S/C19H14ClF3N4O.C18H17F3N6O/c20-17-12(4-3-5-13(17)19(21,22)23)18(28)26-9-7-15-14(10-26)25-11-27(15)16-6-1-2-8-24-16;1-10-8-15-14(23-25-27(15)16-6-7-22-24-16)9-26(10)17(28)12-4-3-5-13(11(12)2)18(19,20)21/h1-6,8,11H,7,9-10H2;3-7,10H,8-9H2,1-2H3,(H,22,24). The van der Waals surface area contributed by atoms with Crippen LogP contribution >= 0.6 is 11.6 Å². The Labute approximate surface area is 319 Å². The van der Waals surface area contributed by atoms with Crippen LogP contribution in [-0.4, -0.2) is 73.9 Å². The van der Waals surface area contributed by atoms with E-state index in [-0.39, 0.29) is 35.8 Å². The Morgan fingerprint density at radius 1 is 0.821 bits per heavy atom. The van der Waals surface area contributed by atoms with Crippen LogP contribution in [0.4, 0.5) is 26.3 Å². The minimum absolute atomic E-state index is 0.0461. The van der Waals surface area contributed by atoms with Crippen molar-refractivity contribution in [1.82, 2.24) is 49.5 Å². The summed E-state index contributed by atoms with van der Waals surface area (Å²) in [6, 6.07) is 14.1. The number of alkyl halides is 6. The molecular formula is C37H31ClF6N10O2. The predicted octanol–water partition coefficient (Wildman–Crippen LogP) is 7.04. The first-order valence-corrected chi connectivity index (χ1v) is 17.5. The van der Waals surface area contributed by atoms with Crippen LogP contribution in [0.3, 0.4) is 0 Å². The first-order chi connectivity index (χ1) is 26.6. The predicted molar refractivity (Wildman–Crippen MR) is 189 cm³/mol. The SMILES string of the molecule is Cc1c(C(=O)N2Cc3nnn(-c4cc[nH]n4)c3CC2C)cccc1C(F)(F)F.O=C(c1cccc(C(F)(F)F)c1Cl)N1CCc2c(ncn2-c2ccccn2)C1. The van der Waals surface area contributed by atoms with Gasteiger partial charge >= 0.3 is 12.4 Å². The molecule has 2 aromatic carbocycles. The summed E-state index contributed by atoms with van der Waals surface area (Å²) in [7, 11) is 0. The molecule has 4 aromatic heterocycles. The number of nitrogens with zero attached hydrogens (tertiary/aromatic N) is 9. The molecule has 12 nitrogen and oxygen atoms in total. The van der Waals surface area contributed by atoms with Crippen molar-refractivity contribution >= 4 is 23.4 Å². The first-order valence-electron chi connectivity index (χ1n) is 17.2. The molecule has 1 unspecified atom stereocenters. The van der Waals surface area contributed by atoms with Crippen LogP contribution in [0.25, 0.3) is 11.6 Å². The topological polar surface area (TPSA) is 131 Å². The third-order valence-corrected chi connectivity index (χ3v) is 10.1. The van der Waals surface area contributed by atoms with Crippen molar-refractivity contribution in [3.8, 4) is 11.6 Å². The molecule has 2 aliphatic rings. The Kier molecular flexibility index (Phi) is 10.2. The lowest BCUT2D eigenvalue weighted by Gasteiger charge is -2.33. The summed E-state index contributed by atoms with van der Waals surface area (Å²) in [5, 5.41) is 14.5. The van der Waals surface area contributed by atoms with Gasteiger partial charge in [0, 0.05) is 49.5 Å². The Morgan fingerprint density at radius 3 is 2.23 bits per heavy atom. The summed E-state index contributed by atoms with van der Waals surface area (Å²) in [5.74, 6) is 0.316. The fourth-order valence-corrected chi connectivity index (χ4v) is 7.10. The molecule has 0 spiro atoms. The van der Waals surface area contributed by atoms with Crippen molar-refractivity contribution in [2.75, 3.05) is 6.54 Å². The summed E-state index contributed by atoms with van der Waals surface area (Å²) in [6.07, 6.45) is -3.17. The number of aromatic nitrogens is 8. The summed E-state index contributed by atoms with van der Waals surface area (Å²) < 4.78 is 82.2. The second-order valence-electron chi connectivity index (χ2n) is 13.1. The minimum Gasteiger partial charge on any atom is -0.332 e. The number of H-pyrrole nitrogens is 1. The van der Waals surface area contributed by atoms with Crippen molar-refractivity contribution in [3.63, 3.8) is 0 Å². The number of carbonyl (C=O) groups excluding carboxylic acids is 2. The molecule has 0 saturated heterocycles. The van der Waals surface area contributed by atoms with Crippen molar-refractivity contribution in [2.24, 2.45) is 0 Å². The van der Waals surface area contributed by atoms with E-state index in [9.17, 15) is 35.9 Å². The van der Waals surface area contributed by atoms with Gasteiger partial charge in [0.15, 0.2) is 5.82 Å². The Balaban J connectivity index is 0.000000172. The van der Waals surface area contributed by atoms with E-state index in [0.29, 0.717) is 36.6 Å². The number of amides is 2. The first kappa shape index (κ1) is 38.2. The summed E-state index contributed by atoms with van der Waals surface area (Å²) in [4.78, 5) is 37.5. The summed E-state index contributed by atoms with van der Waals surface area (Å²) in [5.41, 5.74) is 1.06. The van der Waals surface area contributed by atoms with Crippen molar-refractivity contribution in [2.45, 2.75) is 58.2 Å². The number of rotatable bonds is 4. The number of halogens is 7. The number of benzene rings is 2. The quantitative estimate of drug-likeness (QED) is 0.190. The normalized spacial score (nSPS) is 15.5. The molecule has 0 bridgehead atoms. The van der Waals surface area contributed by atoms with E-state index in [1.807, 2.05) is 29.7 Å². The average molecular weight is 797 g/mol. The summed E-state index contributed by atoms with van der Waals surface area (Å²) >= 11 is 5.90. The van der Waals surface area contributed by atoms with Crippen LogP contribution in [0.5, 0.6) is 0 Å². The van der Waals surface area contributed by atoms with Gasteiger partial charge in [-0.05, 0) is 55.8 Å². The minimum atomic E-state index is -4.62. The van der Waals surface area contributed by atoms with Crippen LogP contribution < -0.4 is 0 Å². The molecule has 2 aliphatic heterocycles. The van der Waals surface area contributed by atoms with Gasteiger partial charge in [-0.1, -0.05) is 35.0 Å². The number of pyridine rings is 1. The lowest BCUT2D eigenvalue weighted by atomic mass is 9.98. The second kappa shape index (κ2) is 14.9. The van der Waals surface area contributed by atoms with Crippen LogP contribution in [0.15, 0.2) is 79.4 Å². The van der Waals surface area contributed by atoms with E-state index in [4.69, 9.17) is 11.6 Å². The highest BCUT2D eigenvalue weighted by molar-refractivity contribution is 6.34. The number of hydrogen-bond donors (Lipinski definition) is 1. The maximum absolute atomic E-state index is 13.2. The van der Waals surface area contributed by atoms with E-state index in [1.165, 1.54) is 41.0 Å². The number of imidazole rings is 1. The van der Waals surface area contributed by atoms with E-state index < -0.39 is 40.3 Å². The van der Waals surface area contributed by atoms with Crippen molar-refractivity contribution < 1.29 is 35.9 Å². The van der Waals surface area contributed by atoms with Gasteiger partial charge in [-0.25, -0.2) is 9.97 Å². The van der Waals surface area contributed by atoms with E-state index in [0.717, 1.165) is 29.3 Å². The van der Waals surface area contributed by atoms with Gasteiger partial charge in [0.2, 0.25) is 0 Å². The number of hydrogen-bond acceptors (Lipinski definition) is 7. The highest BCUT2D eigenvalue weighted by Gasteiger charge is 2.38. The molecule has 290 valence electrons. The fraction of sp³-hybridized carbons (Fsp3) is 0.270. The van der Waals surface area contributed by atoms with Gasteiger partial charge in [0.05, 0.1) is 51.9 Å². The molecule has 0 aliphatic carbocycles. The van der Waals surface area contributed by atoms with Gasteiger partial charge in [-0.2, -0.15) is 36.1 Å². The molecule has 1 atom stereocenters. The second-order valence-corrected chi connectivity index (χ2v) is 13.5. The number of fused-ring (bicyclic) bond motifs is 2. The lowest BCUT2D eigenvalue weighted by Crippen LogP contribution is -2.43. The molecular weight excluding hydrogens is 766 g/mol. The maximum atomic E-state index is 13.2. The van der Waals surface area contributed by atoms with Crippen molar-refractivity contribution in [1.29, 1.82) is 0 Å². The third-order valence-electron chi connectivity index (χ3n) is 9.65. The molecule has 2 amide bonds. The van der Waals surface area contributed by atoms with Gasteiger partial charge in [-0.3, -0.25) is 19.3 Å². The third kappa shape index (κ3) is 7.35. The van der Waals surface area contributed by atoms with Gasteiger partial charge < -0.3 is 9.80 Å². The number of nitrogens with one attached hydrogen (secondary N) is 1. The maximum Gasteiger partial charge on any atom is 0.417 e. The Hall–Kier alpha value is -6.04. The van der Waals surface area contributed by atoms with Crippen LogP contribution in [-0.2, 0) is 38.3 Å². The van der Waals surface area contributed by atoms with E-state index >= 15 is 0 Å². The lowest BCUT2D eigenvalue weighted by molar-refractivity contribution is -0.138. The molecule has 1 N–H and O–H groups in total. The zero-order valence-electron chi connectivity index (χ0n) is 29.6. The van der Waals surface area contributed by atoms with Gasteiger partial charge in [0.1, 0.15) is 17.8 Å². The zero-order chi connectivity index (χ0) is 39.9. The van der Waals surface area contributed by atoms with E-state index in [1.54, 1.807) is 29.5 Å². The molecule has 6 heterocycles. The molecule has 0 saturated carbocycles. The highest BCUT2D eigenvalue weighted by Crippen LogP contribution is 2.37. The molecule has 8 rings (SSSR count). The molecule has 19 heteroatoms. The Bertz CT molecular complexity index is 2390. The zero-order valence-corrected chi connectivity index (χ0v) is 30.4. The number of aromatic amines is 1. The van der Waals surface area contributed by atoms with Crippen LogP contribution in [0.1, 0.15) is 67.1 Å². The van der Waals surface area contributed by atoms with E-state index in [2.05, 4.69) is 30.5 Å². The average Bonchev–Trinajstić information content (AvgIpc) is 3.94. The fourth-order valence-electron chi connectivity index (χ4n) is 6.78. The smallest absolute Gasteiger partial charge is 0.332 e. The molecule has 56 heavy (non-hydrogen) atoms. The van der Waals surface area contributed by atoms with Gasteiger partial charge in [0.25, 0.3) is 11.8 Å². The van der Waals surface area contributed by atoms with Crippen LogP contribution in [0.2, 0.25) is 5.02 Å². The van der Waals surface area contributed by atoms with Gasteiger partial charge in [-0.15, -0.1) is 5.10 Å². The van der Waals surface area contributed by atoms with Crippen molar-refractivity contribution in [3.05, 3.63) is 135 Å². The Morgan fingerprint density at radius 2 is 1.55 bits per heavy atom. The highest BCUT2D eigenvalue weighted by atomic mass is 35.5. The number of carbonyl (C=O) groups is 2.